The van der Waals surface area contributed by atoms with Crippen LogP contribution in [0.3, 0.4) is 0 Å². The van der Waals surface area contributed by atoms with E-state index in [0.717, 1.165) is 16.9 Å². The van der Waals surface area contributed by atoms with Crippen LogP contribution in [0.4, 0.5) is 0 Å². The van der Waals surface area contributed by atoms with Crippen LogP contribution in [0.2, 0.25) is 0 Å². The second-order valence-electron chi connectivity index (χ2n) is 2.57. The van der Waals surface area contributed by atoms with Gasteiger partial charge in [-0.2, -0.15) is 0 Å². The first kappa shape index (κ1) is 8.61. The molecule has 1 aromatic carbocycles. The number of hydrogen-bond donors (Lipinski definition) is 0. The zero-order valence-electron chi connectivity index (χ0n) is 7.29. The topological polar surface area (TPSA) is 13.6 Å². The van der Waals surface area contributed by atoms with E-state index in [-0.39, 0.29) is 0 Å². The molecule has 62 valence electrons. The zero-order valence-corrected chi connectivity index (χ0v) is 7.29. The molecule has 0 aliphatic heterocycles. The molecular weight excluding hydrogens is 150 g/mol. The Morgan fingerprint density at radius 2 is 2.25 bits per heavy atom. The number of aryl methyl sites for hydroxylation is 1. The Kier molecular flexibility index (Phi) is 2.71. The summed E-state index contributed by atoms with van der Waals surface area (Å²) in [6, 6.07) is 5.80. The van der Waals surface area contributed by atoms with Gasteiger partial charge in [-0.1, -0.05) is 12.1 Å². The fraction of sp³-hybridized carbons (Fsp3) is 0.300. The molecule has 0 spiro atoms. The number of hydrogen-bond acceptors (Lipinski definition) is 1. The number of methoxy groups -OCH3 is 1. The number of benzene rings is 1. The van der Waals surface area contributed by atoms with E-state index < -0.39 is 0 Å². The second kappa shape index (κ2) is 3.77. The molecule has 12 heavy (non-hydrogen) atoms. The van der Waals surface area contributed by atoms with Crippen molar-refractivity contribution in [1.29, 1.82) is 0 Å². The molecule has 0 radical (unpaired) electrons. The van der Waals surface area contributed by atoms with Crippen LogP contribution in [0.5, 0.6) is 5.75 Å². The van der Waals surface area contributed by atoms with Crippen molar-refractivity contribution in [3.05, 3.63) is 40.7 Å². The highest BCUT2D eigenvalue weighted by Crippen LogP contribution is 2.22. The van der Waals surface area contributed by atoms with Crippen molar-refractivity contribution < 1.29 is 4.74 Å². The van der Waals surface area contributed by atoms with E-state index in [9.17, 15) is 0 Å². The van der Waals surface area contributed by atoms with Gasteiger partial charge in [-0.3, -0.25) is 0 Å². The molecule has 0 aliphatic rings. The summed E-state index contributed by atoms with van der Waals surface area (Å²) >= 11 is 0. The average molecular weight is 161 g/mol. The first-order valence-corrected chi connectivity index (χ1v) is 3.75. The monoisotopic (exact) mass is 161 g/mol. The van der Waals surface area contributed by atoms with Crippen molar-refractivity contribution in [1.82, 2.24) is 0 Å². The highest BCUT2D eigenvalue weighted by Gasteiger charge is 2.06. The van der Waals surface area contributed by atoms with Crippen LogP contribution in [-0.4, -0.2) is 7.11 Å². The van der Waals surface area contributed by atoms with E-state index in [1.807, 2.05) is 25.1 Å². The highest BCUT2D eigenvalue weighted by atomic mass is 16.5. The molecule has 1 aromatic rings. The summed E-state index contributed by atoms with van der Waals surface area (Å²) in [4.78, 5) is 3.35. The van der Waals surface area contributed by atoms with Gasteiger partial charge >= 0.3 is 0 Å². The molecule has 2 heteroatoms. The predicted octanol–water partition coefficient (Wildman–Crippen LogP) is 2.42. The van der Waals surface area contributed by atoms with Crippen molar-refractivity contribution in [2.45, 2.75) is 13.5 Å². The summed E-state index contributed by atoms with van der Waals surface area (Å²) < 4.78 is 5.14. The number of nitrogens with zero attached hydrogens (tertiary/aromatic N) is 1. The first-order chi connectivity index (χ1) is 5.79. The molecule has 1 rings (SSSR count). The van der Waals surface area contributed by atoms with Crippen molar-refractivity contribution in [2.75, 3.05) is 7.11 Å². The lowest BCUT2D eigenvalue weighted by Crippen LogP contribution is -1.92. The van der Waals surface area contributed by atoms with Gasteiger partial charge in [-0.25, -0.2) is 6.57 Å². The van der Waals surface area contributed by atoms with Crippen LogP contribution in [0, 0.1) is 13.5 Å². The molecule has 0 atom stereocenters. The van der Waals surface area contributed by atoms with E-state index in [0.29, 0.717) is 6.54 Å². The molecule has 0 fully saturated rings. The van der Waals surface area contributed by atoms with E-state index >= 15 is 0 Å². The molecule has 0 saturated heterocycles. The average Bonchev–Trinajstić information content (AvgIpc) is 2.09. The Balaban J connectivity index is 3.12. The van der Waals surface area contributed by atoms with Crippen molar-refractivity contribution in [3.8, 4) is 5.75 Å². The standard InChI is InChI=1S/C10H11NO/c1-8-5-4-6-10(12-3)9(8)7-11-2/h4-6H,7H2,1,3H3. The molecule has 0 heterocycles. The predicted molar refractivity (Wildman–Crippen MR) is 48.0 cm³/mol. The summed E-state index contributed by atoms with van der Waals surface area (Å²) in [5.74, 6) is 0.811. The van der Waals surface area contributed by atoms with Gasteiger partial charge in [0.1, 0.15) is 5.75 Å². The molecule has 0 N–H and O–H groups in total. The van der Waals surface area contributed by atoms with Crippen LogP contribution >= 0.6 is 0 Å². The van der Waals surface area contributed by atoms with E-state index in [2.05, 4.69) is 4.85 Å². The minimum atomic E-state index is 0.399. The van der Waals surface area contributed by atoms with Crippen LogP contribution < -0.4 is 4.74 Å². The zero-order chi connectivity index (χ0) is 8.97. The van der Waals surface area contributed by atoms with Crippen LogP contribution in [0.15, 0.2) is 18.2 Å². The van der Waals surface area contributed by atoms with Gasteiger partial charge in [0, 0.05) is 0 Å². The Labute approximate surface area is 72.6 Å². The van der Waals surface area contributed by atoms with Crippen molar-refractivity contribution in [2.24, 2.45) is 0 Å². The Morgan fingerprint density at radius 3 is 2.83 bits per heavy atom. The lowest BCUT2D eigenvalue weighted by molar-refractivity contribution is 0.410. The van der Waals surface area contributed by atoms with Crippen LogP contribution in [0.1, 0.15) is 11.1 Å². The molecule has 0 saturated carbocycles. The molecule has 0 unspecified atom stereocenters. The second-order valence-corrected chi connectivity index (χ2v) is 2.57. The maximum Gasteiger partial charge on any atom is 0.243 e. The number of rotatable bonds is 2. The first-order valence-electron chi connectivity index (χ1n) is 3.75. The Bertz CT molecular complexity index is 312. The highest BCUT2D eigenvalue weighted by molar-refractivity contribution is 5.40. The smallest absolute Gasteiger partial charge is 0.243 e. The van der Waals surface area contributed by atoms with Crippen molar-refractivity contribution >= 4 is 0 Å². The maximum absolute atomic E-state index is 6.78. The molecule has 0 bridgehead atoms. The molecular formula is C10H11NO. The fourth-order valence-corrected chi connectivity index (χ4v) is 1.15. The van der Waals surface area contributed by atoms with Crippen molar-refractivity contribution in [3.63, 3.8) is 0 Å². The minimum Gasteiger partial charge on any atom is -0.496 e. The van der Waals surface area contributed by atoms with Gasteiger partial charge in [0.15, 0.2) is 0 Å². The minimum absolute atomic E-state index is 0.399. The molecule has 0 aromatic heterocycles. The van der Waals surface area contributed by atoms with Crippen LogP contribution in [0.25, 0.3) is 4.85 Å². The molecule has 0 aliphatic carbocycles. The van der Waals surface area contributed by atoms with E-state index in [1.165, 1.54) is 0 Å². The summed E-state index contributed by atoms with van der Waals surface area (Å²) in [6.07, 6.45) is 0. The largest absolute Gasteiger partial charge is 0.496 e. The summed E-state index contributed by atoms with van der Waals surface area (Å²) in [6.45, 7) is 9.17. The van der Waals surface area contributed by atoms with Gasteiger partial charge in [-0.05, 0) is 18.6 Å². The summed E-state index contributed by atoms with van der Waals surface area (Å²) in [5.41, 5.74) is 2.11. The third-order valence-electron chi connectivity index (χ3n) is 1.82. The summed E-state index contributed by atoms with van der Waals surface area (Å²) in [7, 11) is 1.63. The Morgan fingerprint density at radius 1 is 1.50 bits per heavy atom. The van der Waals surface area contributed by atoms with Gasteiger partial charge in [0.2, 0.25) is 6.54 Å². The lowest BCUT2D eigenvalue weighted by atomic mass is 10.1. The maximum atomic E-state index is 6.78. The fourth-order valence-electron chi connectivity index (χ4n) is 1.15. The molecule has 0 amide bonds. The van der Waals surface area contributed by atoms with Gasteiger partial charge < -0.3 is 9.58 Å². The van der Waals surface area contributed by atoms with Crippen LogP contribution in [-0.2, 0) is 6.54 Å². The van der Waals surface area contributed by atoms with E-state index in [1.54, 1.807) is 7.11 Å². The SMILES string of the molecule is [C-]#[N+]Cc1c(C)cccc1OC. The normalized spacial score (nSPS) is 9.08. The lowest BCUT2D eigenvalue weighted by Gasteiger charge is -2.05. The van der Waals surface area contributed by atoms with Gasteiger partial charge in [0.25, 0.3) is 0 Å². The Hall–Kier alpha value is -1.49. The molecule has 2 nitrogen and oxygen atoms in total. The van der Waals surface area contributed by atoms with Gasteiger partial charge in [-0.15, -0.1) is 0 Å². The summed E-state index contributed by atoms with van der Waals surface area (Å²) in [5, 5.41) is 0. The third-order valence-corrected chi connectivity index (χ3v) is 1.82. The van der Waals surface area contributed by atoms with E-state index in [4.69, 9.17) is 11.3 Å². The quantitative estimate of drug-likeness (QED) is 0.607. The van der Waals surface area contributed by atoms with Gasteiger partial charge in [0.05, 0.1) is 12.7 Å². The number of ether oxygens (including phenoxy) is 1. The third kappa shape index (κ3) is 1.57.